The number of hydrogen-bond donors (Lipinski definition) is 1. The molecule has 28 heavy (non-hydrogen) atoms. The lowest BCUT2D eigenvalue weighted by Gasteiger charge is -2.42. The van der Waals surface area contributed by atoms with Crippen molar-refractivity contribution in [1.29, 1.82) is 0 Å². The van der Waals surface area contributed by atoms with Crippen LogP contribution in [0.1, 0.15) is 56.1 Å². The first-order valence-corrected chi connectivity index (χ1v) is 9.98. The van der Waals surface area contributed by atoms with Crippen LogP contribution in [0.15, 0.2) is 24.3 Å². The second-order valence-electron chi connectivity index (χ2n) is 8.01. The summed E-state index contributed by atoms with van der Waals surface area (Å²) in [5, 5.41) is 3.19. The zero-order valence-electron chi connectivity index (χ0n) is 16.4. The maximum Gasteiger partial charge on any atom is 0.416 e. The highest BCUT2D eigenvalue weighted by atomic mass is 35.5. The van der Waals surface area contributed by atoms with Crippen molar-refractivity contribution in [3.05, 3.63) is 35.4 Å². The number of hydrogen-bond acceptors (Lipinski definition) is 2. The Kier molecular flexibility index (Phi) is 7.80. The van der Waals surface area contributed by atoms with E-state index < -0.39 is 17.2 Å². The molecule has 0 unspecified atom stereocenters. The fourth-order valence-electron chi connectivity index (χ4n) is 4.71. The molecule has 0 bridgehead atoms. The fourth-order valence-corrected chi connectivity index (χ4v) is 4.71. The number of amides is 1. The first-order valence-electron chi connectivity index (χ1n) is 9.98. The minimum absolute atomic E-state index is 0. The van der Waals surface area contributed by atoms with Gasteiger partial charge in [0.25, 0.3) is 0 Å². The summed E-state index contributed by atoms with van der Waals surface area (Å²) >= 11 is 0. The molecule has 2 aliphatic rings. The van der Waals surface area contributed by atoms with E-state index in [-0.39, 0.29) is 18.3 Å². The molecule has 3 nitrogen and oxygen atoms in total. The van der Waals surface area contributed by atoms with Crippen molar-refractivity contribution in [2.24, 2.45) is 5.92 Å². The highest BCUT2D eigenvalue weighted by Gasteiger charge is 2.45. The van der Waals surface area contributed by atoms with Gasteiger partial charge in [0.15, 0.2) is 0 Å². The zero-order valence-corrected chi connectivity index (χ0v) is 17.2. The van der Waals surface area contributed by atoms with E-state index in [4.69, 9.17) is 0 Å². The zero-order chi connectivity index (χ0) is 19.5. The van der Waals surface area contributed by atoms with E-state index in [0.29, 0.717) is 37.4 Å². The molecule has 1 amide bonds. The lowest BCUT2D eigenvalue weighted by Crippen LogP contribution is -2.51. The number of likely N-dealkylation sites (tertiary alicyclic amines) is 1. The summed E-state index contributed by atoms with van der Waals surface area (Å²) in [6, 6.07) is 5.46. The maximum atomic E-state index is 13.5. The SMILES string of the molecule is CNCC1CCN(C(=O)C2(c3cccc(C(F)(F)F)c3)CCCCC2)CC1.Cl. The van der Waals surface area contributed by atoms with Gasteiger partial charge in [-0.1, -0.05) is 37.5 Å². The van der Waals surface area contributed by atoms with Crippen LogP contribution in [-0.4, -0.2) is 37.5 Å². The molecule has 1 saturated carbocycles. The molecule has 1 aliphatic carbocycles. The minimum Gasteiger partial charge on any atom is -0.342 e. The molecular weight excluding hydrogens is 389 g/mol. The number of nitrogens with one attached hydrogen (secondary N) is 1. The van der Waals surface area contributed by atoms with Crippen LogP contribution in [0.3, 0.4) is 0 Å². The molecule has 7 heteroatoms. The first-order chi connectivity index (χ1) is 12.9. The van der Waals surface area contributed by atoms with E-state index in [9.17, 15) is 18.0 Å². The van der Waals surface area contributed by atoms with Gasteiger partial charge in [-0.05, 0) is 56.8 Å². The molecule has 1 N–H and O–H groups in total. The summed E-state index contributed by atoms with van der Waals surface area (Å²) in [7, 11) is 1.93. The molecule has 0 radical (unpaired) electrons. The van der Waals surface area contributed by atoms with Crippen molar-refractivity contribution >= 4 is 18.3 Å². The molecule has 0 aromatic heterocycles. The van der Waals surface area contributed by atoms with Gasteiger partial charge >= 0.3 is 6.18 Å². The molecule has 158 valence electrons. The standard InChI is InChI=1S/C21H29F3N2O.ClH/c1-25-15-16-8-12-26(13-9-16)19(27)20(10-3-2-4-11-20)17-6-5-7-18(14-17)21(22,23)24;/h5-7,14,16,25H,2-4,8-13,15H2,1H3;1H. The van der Waals surface area contributed by atoms with Crippen LogP contribution in [0.5, 0.6) is 0 Å². The van der Waals surface area contributed by atoms with Crippen LogP contribution in [0, 0.1) is 5.92 Å². The third-order valence-electron chi connectivity index (χ3n) is 6.25. The average Bonchev–Trinajstić information content (AvgIpc) is 2.68. The lowest BCUT2D eigenvalue weighted by atomic mass is 9.68. The Balaban J connectivity index is 0.00000280. The van der Waals surface area contributed by atoms with E-state index in [2.05, 4.69) is 5.32 Å². The van der Waals surface area contributed by atoms with Crippen molar-refractivity contribution in [2.45, 2.75) is 56.5 Å². The Morgan fingerprint density at radius 2 is 1.82 bits per heavy atom. The second-order valence-corrected chi connectivity index (χ2v) is 8.01. The summed E-state index contributed by atoms with van der Waals surface area (Å²) in [6.45, 7) is 2.35. The Hall–Kier alpha value is -1.27. The van der Waals surface area contributed by atoms with Crippen molar-refractivity contribution in [2.75, 3.05) is 26.7 Å². The quantitative estimate of drug-likeness (QED) is 0.762. The number of carbonyl (C=O) groups is 1. The predicted octanol–water partition coefficient (Wildman–Crippen LogP) is 4.79. The van der Waals surface area contributed by atoms with Gasteiger partial charge in [-0.15, -0.1) is 12.4 Å². The third kappa shape index (κ3) is 4.82. The Morgan fingerprint density at radius 3 is 2.39 bits per heavy atom. The van der Waals surface area contributed by atoms with Crippen LogP contribution < -0.4 is 5.32 Å². The van der Waals surface area contributed by atoms with Gasteiger partial charge in [0, 0.05) is 13.1 Å². The molecule has 3 rings (SSSR count). The van der Waals surface area contributed by atoms with Gasteiger partial charge in [-0.25, -0.2) is 0 Å². The average molecular weight is 419 g/mol. The number of carbonyl (C=O) groups excluding carboxylic acids is 1. The summed E-state index contributed by atoms with van der Waals surface area (Å²) in [6.07, 6.45) is 1.61. The predicted molar refractivity (Wildman–Crippen MR) is 107 cm³/mol. The van der Waals surface area contributed by atoms with Crippen molar-refractivity contribution in [3.8, 4) is 0 Å². The van der Waals surface area contributed by atoms with Crippen LogP contribution in [0.4, 0.5) is 13.2 Å². The van der Waals surface area contributed by atoms with Crippen LogP contribution >= 0.6 is 12.4 Å². The highest BCUT2D eigenvalue weighted by molar-refractivity contribution is 5.88. The lowest BCUT2D eigenvalue weighted by molar-refractivity contribution is -0.141. The van der Waals surface area contributed by atoms with Gasteiger partial charge in [0.2, 0.25) is 5.91 Å². The molecule has 0 atom stereocenters. The van der Waals surface area contributed by atoms with E-state index >= 15 is 0 Å². The molecular formula is C21H30ClF3N2O. The maximum absolute atomic E-state index is 13.5. The highest BCUT2D eigenvalue weighted by Crippen LogP contribution is 2.43. The van der Waals surface area contributed by atoms with E-state index in [1.54, 1.807) is 6.07 Å². The van der Waals surface area contributed by atoms with Gasteiger partial charge in [-0.2, -0.15) is 13.2 Å². The largest absolute Gasteiger partial charge is 0.416 e. The van der Waals surface area contributed by atoms with E-state index in [0.717, 1.165) is 44.7 Å². The summed E-state index contributed by atoms with van der Waals surface area (Å²) in [5.41, 5.74) is -0.917. The molecule has 1 aromatic rings. The normalized spacial score (nSPS) is 20.5. The number of nitrogens with zero attached hydrogens (tertiary/aromatic N) is 1. The van der Waals surface area contributed by atoms with Crippen molar-refractivity contribution in [1.82, 2.24) is 10.2 Å². The first kappa shape index (κ1) is 23.0. The third-order valence-corrected chi connectivity index (χ3v) is 6.25. The molecule has 1 aliphatic heterocycles. The number of benzene rings is 1. The minimum atomic E-state index is -4.39. The van der Waals surface area contributed by atoms with Crippen LogP contribution in [-0.2, 0) is 16.4 Å². The van der Waals surface area contributed by atoms with Crippen LogP contribution in [0.25, 0.3) is 0 Å². The monoisotopic (exact) mass is 418 g/mol. The van der Waals surface area contributed by atoms with Crippen molar-refractivity contribution in [3.63, 3.8) is 0 Å². The number of piperidine rings is 1. The van der Waals surface area contributed by atoms with E-state index in [1.165, 1.54) is 12.1 Å². The van der Waals surface area contributed by atoms with Gasteiger partial charge in [0.05, 0.1) is 11.0 Å². The van der Waals surface area contributed by atoms with Gasteiger partial charge < -0.3 is 10.2 Å². The second kappa shape index (κ2) is 9.49. The molecule has 1 saturated heterocycles. The molecule has 2 fully saturated rings. The number of halogens is 4. The molecule has 0 spiro atoms. The topological polar surface area (TPSA) is 32.3 Å². The summed E-state index contributed by atoms with van der Waals surface area (Å²) in [4.78, 5) is 15.4. The molecule has 1 aromatic carbocycles. The van der Waals surface area contributed by atoms with Crippen molar-refractivity contribution < 1.29 is 18.0 Å². The Bertz CT molecular complexity index is 651. The summed E-state index contributed by atoms with van der Waals surface area (Å²) in [5.74, 6) is 0.597. The van der Waals surface area contributed by atoms with Crippen LogP contribution in [0.2, 0.25) is 0 Å². The van der Waals surface area contributed by atoms with E-state index in [1.807, 2.05) is 11.9 Å². The Labute approximate surface area is 171 Å². The fraction of sp³-hybridized carbons (Fsp3) is 0.667. The summed E-state index contributed by atoms with van der Waals surface area (Å²) < 4.78 is 39.7. The van der Waals surface area contributed by atoms with Gasteiger partial charge in [-0.3, -0.25) is 4.79 Å². The smallest absolute Gasteiger partial charge is 0.342 e. The molecule has 1 heterocycles. The Morgan fingerprint density at radius 1 is 1.18 bits per heavy atom. The number of alkyl halides is 3. The number of rotatable bonds is 4. The van der Waals surface area contributed by atoms with Gasteiger partial charge in [0.1, 0.15) is 0 Å².